The molecule has 0 aromatic heterocycles. The Labute approximate surface area is 592 Å². The molecule has 3 aliphatic rings. The topological polar surface area (TPSA) is 541 Å². The van der Waals surface area contributed by atoms with Crippen molar-refractivity contribution in [2.75, 3.05) is 172 Å². The molecule has 39 heteroatoms. The van der Waals surface area contributed by atoms with Crippen LogP contribution in [0.1, 0.15) is 73.1 Å². The molecule has 3 heterocycles. The minimum Gasteiger partial charge on any atom is -0.394 e. The number of Topliss-reactive ketones (excluding diaryl/α,β-unsaturated/α-hetero) is 1. The van der Waals surface area contributed by atoms with Gasteiger partial charge in [0.05, 0.1) is 145 Å². The molecule has 0 bridgehead atoms. The normalized spacial score (nSPS) is 25.6. The van der Waals surface area contributed by atoms with Crippen LogP contribution in [0.25, 0.3) is 0 Å². The van der Waals surface area contributed by atoms with Crippen LogP contribution >= 0.6 is 0 Å². The van der Waals surface area contributed by atoms with Gasteiger partial charge in [0.2, 0.25) is 41.4 Å². The first-order chi connectivity index (χ1) is 48.9. The number of amides is 7. The summed E-state index contributed by atoms with van der Waals surface area (Å²) < 4.78 is 82.6. The fourth-order valence-electron chi connectivity index (χ4n) is 10.3. The molecule has 0 saturated carbocycles. The Morgan fingerprint density at radius 2 is 0.647 bits per heavy atom. The number of nitrogens with one attached hydrogen (secondary N) is 7. The summed E-state index contributed by atoms with van der Waals surface area (Å²) in [6, 6.07) is -5.31. The van der Waals surface area contributed by atoms with E-state index < -0.39 is 172 Å². The van der Waals surface area contributed by atoms with Gasteiger partial charge in [-0.25, -0.2) is 0 Å². The Bertz CT molecular complexity index is 2360. The number of hydrogen-bond donors (Lipinski definition) is 16. The number of hydrogen-bond acceptors (Lipinski definition) is 32. The molecule has 16 N–H and O–H groups in total. The van der Waals surface area contributed by atoms with Gasteiger partial charge in [0.15, 0.2) is 24.7 Å². The quantitative estimate of drug-likeness (QED) is 0.0252. The van der Waals surface area contributed by atoms with E-state index >= 15 is 0 Å². The average molecular weight is 1480 g/mol. The molecule has 3 saturated heterocycles. The fourth-order valence-corrected chi connectivity index (χ4v) is 10.3. The number of carbonyl (C=O) groups is 8. The van der Waals surface area contributed by atoms with Crippen molar-refractivity contribution in [1.29, 1.82) is 0 Å². The first-order valence-corrected chi connectivity index (χ1v) is 34.3. The van der Waals surface area contributed by atoms with Crippen LogP contribution in [0.15, 0.2) is 0 Å². The Balaban J connectivity index is 1.38. The fraction of sp³-hybridized carbons (Fsp3) is 0.873. The maximum atomic E-state index is 14.0. The van der Waals surface area contributed by atoms with E-state index in [0.29, 0.717) is 25.7 Å². The molecular weight excluding hydrogens is 1370 g/mol. The van der Waals surface area contributed by atoms with Crippen LogP contribution in [0.4, 0.5) is 0 Å². The molecule has 17 atom stereocenters. The highest BCUT2D eigenvalue weighted by Crippen LogP contribution is 2.25. The van der Waals surface area contributed by atoms with Gasteiger partial charge < -0.3 is 154 Å². The Morgan fingerprint density at radius 1 is 0.363 bits per heavy atom. The number of carbonyl (C=O) groups excluding carboxylic acids is 8. The summed E-state index contributed by atoms with van der Waals surface area (Å²) in [6.45, 7) is 6.49. The first kappa shape index (κ1) is 91.2. The van der Waals surface area contributed by atoms with E-state index in [0.717, 1.165) is 0 Å². The summed E-state index contributed by atoms with van der Waals surface area (Å²) in [4.78, 5) is 101. The highest BCUT2D eigenvalue weighted by atomic mass is 16.7. The molecule has 0 unspecified atom stereocenters. The Kier molecular flexibility index (Phi) is 48.0. The zero-order valence-corrected chi connectivity index (χ0v) is 58.9. The predicted molar refractivity (Wildman–Crippen MR) is 349 cm³/mol. The molecule has 3 rings (SSSR count). The number of aliphatic hydroxyl groups excluding tert-OH is 9. The minimum absolute atomic E-state index is 0.00566. The molecule has 0 aromatic rings. The largest absolute Gasteiger partial charge is 0.394 e. The van der Waals surface area contributed by atoms with Crippen LogP contribution in [-0.2, 0) is 109 Å². The minimum atomic E-state index is -1.46. The Morgan fingerprint density at radius 3 is 0.941 bits per heavy atom. The van der Waals surface area contributed by atoms with Gasteiger partial charge in [-0.05, 0) is 38.5 Å². The van der Waals surface area contributed by atoms with Crippen molar-refractivity contribution >= 4 is 47.1 Å². The summed E-state index contributed by atoms with van der Waals surface area (Å²) in [5, 5.41) is 109. The summed E-state index contributed by atoms with van der Waals surface area (Å²) >= 11 is 0. The molecule has 102 heavy (non-hydrogen) atoms. The molecule has 7 amide bonds. The summed E-state index contributed by atoms with van der Waals surface area (Å²) in [7, 11) is 0. The third-order valence-corrected chi connectivity index (χ3v) is 15.6. The third kappa shape index (κ3) is 36.8. The van der Waals surface area contributed by atoms with Crippen LogP contribution in [0.3, 0.4) is 0 Å². The third-order valence-electron chi connectivity index (χ3n) is 15.6. The average Bonchev–Trinajstić information content (AvgIpc) is 0.823. The maximum Gasteiger partial charge on any atom is 0.246 e. The molecule has 3 aliphatic heterocycles. The van der Waals surface area contributed by atoms with E-state index in [4.69, 9.17) is 71.1 Å². The molecule has 0 spiro atoms. The lowest BCUT2D eigenvalue weighted by atomic mass is 9.96. The van der Waals surface area contributed by atoms with Crippen LogP contribution < -0.4 is 37.2 Å². The zero-order chi connectivity index (χ0) is 75.2. The number of unbranched alkanes of at least 4 members (excludes halogenated alkanes) is 2. The number of ketones is 1. The van der Waals surface area contributed by atoms with E-state index in [-0.39, 0.29) is 170 Å². The van der Waals surface area contributed by atoms with Crippen LogP contribution in [0.2, 0.25) is 0 Å². The van der Waals surface area contributed by atoms with E-state index in [9.17, 15) is 84.3 Å². The summed E-state index contributed by atoms with van der Waals surface area (Å²) in [5.41, 5.74) is 0. The van der Waals surface area contributed by atoms with Gasteiger partial charge in [-0.2, -0.15) is 0 Å². The van der Waals surface area contributed by atoms with Crippen molar-refractivity contribution in [2.24, 2.45) is 5.92 Å². The van der Waals surface area contributed by atoms with Gasteiger partial charge in [0.25, 0.3) is 0 Å². The first-order valence-electron chi connectivity index (χ1n) is 34.3. The van der Waals surface area contributed by atoms with Crippen molar-refractivity contribution in [3.8, 4) is 0 Å². The molecule has 0 radical (unpaired) electrons. The van der Waals surface area contributed by atoms with Crippen molar-refractivity contribution in [3.63, 3.8) is 0 Å². The van der Waals surface area contributed by atoms with Gasteiger partial charge in [-0.3, -0.25) is 38.4 Å². The van der Waals surface area contributed by atoms with Crippen molar-refractivity contribution in [1.82, 2.24) is 37.2 Å². The summed E-state index contributed by atoms with van der Waals surface area (Å²) in [6.07, 6.45) is -13.6. The van der Waals surface area contributed by atoms with E-state index in [1.54, 1.807) is 13.8 Å². The standard InChI is InChI=1S/C63H113N7O32/c1-38(2)53(80)42(10-6-8-12-64-47(77)35-94-23-20-88-14-17-91-26-29-97-61-50(66-39(3)74)57(84)54(81)44(32-71)100-61)70-60(87)43(69-49(79)37-96-25-22-90-16-19-93-28-31-99-63-52(68-41(5)76)59(86)56(83)46(34-73)102-63)11-7-9-13-65-48(78)36-95-24-21-89-15-18-92-27-30-98-62-51(67-40(4)75)58(85)55(82)45(33-72)101-62/h38,42-46,50-52,54-59,61-63,71-73,81-86H,6-37H2,1-5H3,(H,64,77)(H,65,78)(H,66,74)(H,67,75)(H,68,76)(H,69,79)(H,70,87)/t42-,43+,44-,45-,46-,50-,51-,52-,54+,55+,56+,57-,58-,59-,61-,62-,63-/m1/s1. The highest BCUT2D eigenvalue weighted by molar-refractivity contribution is 5.93. The van der Waals surface area contributed by atoms with Crippen molar-refractivity contribution in [3.05, 3.63) is 0 Å². The van der Waals surface area contributed by atoms with Gasteiger partial charge >= 0.3 is 0 Å². The predicted octanol–water partition coefficient (Wildman–Crippen LogP) is -8.22. The molecule has 0 aromatic carbocycles. The van der Waals surface area contributed by atoms with E-state index in [2.05, 4.69) is 37.2 Å². The molecule has 3 fully saturated rings. The van der Waals surface area contributed by atoms with Crippen LogP contribution in [-0.4, -0.2) is 369 Å². The zero-order valence-electron chi connectivity index (χ0n) is 58.9. The second-order valence-electron chi connectivity index (χ2n) is 24.2. The molecule has 0 aliphatic carbocycles. The van der Waals surface area contributed by atoms with Gasteiger partial charge in [0.1, 0.15) is 98.9 Å². The highest BCUT2D eigenvalue weighted by Gasteiger charge is 2.48. The van der Waals surface area contributed by atoms with Gasteiger partial charge in [-0.1, -0.05) is 13.8 Å². The second kappa shape index (κ2) is 53.7. The maximum absolute atomic E-state index is 14.0. The SMILES string of the molecule is CC(=O)N[C@H]1[C@H](OCCOCCOCCOCC(=O)NCCCC[C@H](NC(=O)COCCOCCOCCO[C@@H]2O[C@H](CO)[C@H](O)[C@H](O)[C@H]2NC(C)=O)C(=O)N[C@H](CCCCNC(=O)COCCOCCOCCO[C@@H]2O[C@H](CO)[C@H](O)[C@H](O)[C@H]2NC(C)=O)C(=O)C(C)C)O[C@H](CO)[C@H](O)[C@@H]1O. The lowest BCUT2D eigenvalue weighted by molar-refractivity contribution is -0.272. The number of rotatable bonds is 57. The van der Waals surface area contributed by atoms with E-state index in [1.165, 1.54) is 20.8 Å². The molecule has 592 valence electrons. The van der Waals surface area contributed by atoms with Crippen LogP contribution in [0, 0.1) is 5.92 Å². The second-order valence-corrected chi connectivity index (χ2v) is 24.2. The number of ether oxygens (including phenoxy) is 15. The van der Waals surface area contributed by atoms with Crippen molar-refractivity contribution < 1.29 is 155 Å². The monoisotopic (exact) mass is 1480 g/mol. The van der Waals surface area contributed by atoms with Crippen molar-refractivity contribution in [2.45, 2.75) is 177 Å². The van der Waals surface area contributed by atoms with Crippen LogP contribution in [0.5, 0.6) is 0 Å². The van der Waals surface area contributed by atoms with Gasteiger partial charge in [-0.15, -0.1) is 0 Å². The Hall–Kier alpha value is -5.00. The smallest absolute Gasteiger partial charge is 0.246 e. The summed E-state index contributed by atoms with van der Waals surface area (Å²) in [5.74, 6) is -4.23. The molecular formula is C63H113N7O32. The molecule has 39 nitrogen and oxygen atoms in total. The lowest BCUT2D eigenvalue weighted by Gasteiger charge is -2.42. The lowest BCUT2D eigenvalue weighted by Crippen LogP contribution is -2.64. The number of aliphatic hydroxyl groups is 9. The van der Waals surface area contributed by atoms with Gasteiger partial charge in [0, 0.05) is 39.8 Å². The van der Waals surface area contributed by atoms with E-state index in [1.807, 2.05) is 0 Å².